The average molecular weight is 810 g/mol. The maximum absolute atomic E-state index is 14.7. The largest absolute Gasteiger partial charge is 0.462 e. The Kier molecular flexibility index (Phi) is 12.9. The first-order valence-electron chi connectivity index (χ1n) is 18.9. The van der Waals surface area contributed by atoms with Crippen molar-refractivity contribution in [3.63, 3.8) is 0 Å². The summed E-state index contributed by atoms with van der Waals surface area (Å²) in [6, 6.07) is 41.0. The van der Waals surface area contributed by atoms with Gasteiger partial charge >= 0.3 is 5.97 Å². The Balaban J connectivity index is 1.14. The fourth-order valence-corrected chi connectivity index (χ4v) is 9.25. The van der Waals surface area contributed by atoms with E-state index in [1.54, 1.807) is 61.5 Å². The molecule has 0 spiro atoms. The molecule has 0 bridgehead atoms. The number of hydrogen-bond donors (Lipinski definition) is 3. The molecule has 1 aromatic heterocycles. The van der Waals surface area contributed by atoms with Gasteiger partial charge in [0.15, 0.2) is 0 Å². The lowest BCUT2D eigenvalue weighted by Crippen LogP contribution is -2.30. The number of hydrogen-bond acceptors (Lipinski definition) is 7. The van der Waals surface area contributed by atoms with Crippen LogP contribution >= 0.6 is 23.1 Å². The first-order chi connectivity index (χ1) is 28.3. The van der Waals surface area contributed by atoms with Crippen LogP contribution in [0.3, 0.4) is 0 Å². The Hall–Kier alpha value is -6.30. The van der Waals surface area contributed by atoms with Gasteiger partial charge in [0, 0.05) is 26.6 Å². The van der Waals surface area contributed by atoms with Crippen LogP contribution < -0.4 is 16.0 Å². The molecule has 7 rings (SSSR count). The van der Waals surface area contributed by atoms with Crippen LogP contribution in [0.4, 0.5) is 15.1 Å². The van der Waals surface area contributed by atoms with Gasteiger partial charge in [-0.05, 0) is 91.3 Å². The molecule has 1 aliphatic rings. The van der Waals surface area contributed by atoms with Gasteiger partial charge in [-0.2, -0.15) is 0 Å². The van der Waals surface area contributed by atoms with E-state index in [9.17, 15) is 23.6 Å². The maximum Gasteiger partial charge on any atom is 0.341 e. The monoisotopic (exact) mass is 809 g/mol. The van der Waals surface area contributed by atoms with Crippen LogP contribution in [0.5, 0.6) is 0 Å². The number of thiophene rings is 1. The van der Waals surface area contributed by atoms with Gasteiger partial charge in [-0.15, -0.1) is 23.1 Å². The quantitative estimate of drug-likeness (QED) is 0.0608. The van der Waals surface area contributed by atoms with Crippen molar-refractivity contribution >= 4 is 63.6 Å². The number of halogens is 1. The molecule has 3 N–H and O–H groups in total. The van der Waals surface area contributed by atoms with E-state index < -0.39 is 28.9 Å². The molecular weight excluding hydrogens is 770 g/mol. The van der Waals surface area contributed by atoms with Crippen molar-refractivity contribution in [3.05, 3.63) is 189 Å². The Bertz CT molecular complexity index is 2460. The first kappa shape index (κ1) is 39.9. The van der Waals surface area contributed by atoms with Gasteiger partial charge in [0.1, 0.15) is 21.8 Å². The highest BCUT2D eigenvalue weighted by atomic mass is 32.2. The van der Waals surface area contributed by atoms with Gasteiger partial charge in [-0.25, -0.2) is 9.18 Å². The molecular formula is C47H40FN3O5S2. The number of nitrogens with one attached hydrogen (secondary N) is 3. The van der Waals surface area contributed by atoms with Gasteiger partial charge in [0.2, 0.25) is 5.91 Å². The molecule has 292 valence electrons. The summed E-state index contributed by atoms with van der Waals surface area (Å²) in [6.07, 6.45) is 3.62. The van der Waals surface area contributed by atoms with Crippen LogP contribution in [-0.2, 0) is 27.2 Å². The first-order valence-corrected chi connectivity index (χ1v) is 20.6. The van der Waals surface area contributed by atoms with E-state index in [-0.39, 0.29) is 23.8 Å². The van der Waals surface area contributed by atoms with Gasteiger partial charge in [0.25, 0.3) is 11.8 Å². The molecule has 6 aromatic rings. The van der Waals surface area contributed by atoms with Crippen LogP contribution in [0.25, 0.3) is 6.08 Å². The maximum atomic E-state index is 14.7. The van der Waals surface area contributed by atoms with Crippen LogP contribution in [0.2, 0.25) is 0 Å². The molecule has 2 unspecified atom stereocenters. The number of fused-ring (bicyclic) bond motifs is 1. The number of esters is 1. The van der Waals surface area contributed by atoms with Crippen molar-refractivity contribution in [3.8, 4) is 0 Å². The second-order valence-corrected chi connectivity index (χ2v) is 15.8. The van der Waals surface area contributed by atoms with Crippen molar-refractivity contribution in [2.45, 2.75) is 42.2 Å². The minimum atomic E-state index is -0.750. The molecule has 0 fully saturated rings. The summed E-state index contributed by atoms with van der Waals surface area (Å²) in [7, 11) is 0. The highest BCUT2D eigenvalue weighted by Gasteiger charge is 2.32. The Morgan fingerprint density at radius 3 is 2.26 bits per heavy atom. The zero-order valence-corrected chi connectivity index (χ0v) is 33.2. The molecule has 0 aliphatic heterocycles. The van der Waals surface area contributed by atoms with Gasteiger partial charge in [-0.1, -0.05) is 103 Å². The standard InChI is InChI=1S/C47H40FN3O5S2/c1-2-56-47(55)41-37-26-25-33(30-15-6-3-7-16-30)28-40(37)58-46(41)51-45(54)42(31-17-8-4-9-18-31)57-36-23-14-22-35(29-36)49-44(53)39(27-34-21-12-13-24-38(34)48)50-43(52)32-19-10-5-11-20-32/h3-24,27,29,33,42H,2,25-26,28H2,1H3,(H,49,53)(H,50,52)(H,51,54)/b39-27-. The number of ether oxygens (including phenoxy) is 1. The van der Waals surface area contributed by atoms with E-state index >= 15 is 0 Å². The lowest BCUT2D eigenvalue weighted by molar-refractivity contribution is -0.116. The van der Waals surface area contributed by atoms with Crippen molar-refractivity contribution in [1.82, 2.24) is 5.32 Å². The van der Waals surface area contributed by atoms with Gasteiger partial charge in [-0.3, -0.25) is 14.4 Å². The summed E-state index contributed by atoms with van der Waals surface area (Å²) >= 11 is 2.71. The Morgan fingerprint density at radius 1 is 0.845 bits per heavy atom. The number of amides is 3. The molecule has 5 aromatic carbocycles. The number of rotatable bonds is 13. The second-order valence-electron chi connectivity index (χ2n) is 13.6. The molecule has 1 heterocycles. The molecule has 1 aliphatic carbocycles. The highest BCUT2D eigenvalue weighted by molar-refractivity contribution is 8.00. The Labute approximate surface area is 344 Å². The van der Waals surface area contributed by atoms with E-state index in [0.29, 0.717) is 39.0 Å². The SMILES string of the molecule is CCOC(=O)c1c(NC(=O)C(Sc2cccc(NC(=O)/C(=C/c3ccccc3F)NC(=O)c3ccccc3)c2)c2ccccc2)sc2c1CCC(c1ccccc1)C2. The predicted molar refractivity (Wildman–Crippen MR) is 229 cm³/mol. The summed E-state index contributed by atoms with van der Waals surface area (Å²) in [4.78, 5) is 56.4. The third-order valence-corrected chi connectivity index (χ3v) is 12.1. The highest BCUT2D eigenvalue weighted by Crippen LogP contribution is 2.44. The lowest BCUT2D eigenvalue weighted by Gasteiger charge is -2.23. The zero-order valence-electron chi connectivity index (χ0n) is 31.6. The van der Waals surface area contributed by atoms with Gasteiger partial charge < -0.3 is 20.7 Å². The van der Waals surface area contributed by atoms with Crippen LogP contribution in [0.15, 0.2) is 150 Å². The zero-order chi connectivity index (χ0) is 40.4. The topological polar surface area (TPSA) is 114 Å². The van der Waals surface area contributed by atoms with Crippen LogP contribution in [0.1, 0.15) is 72.4 Å². The van der Waals surface area contributed by atoms with E-state index in [1.807, 2.05) is 54.6 Å². The summed E-state index contributed by atoms with van der Waals surface area (Å²) in [6.45, 7) is 1.97. The van der Waals surface area contributed by atoms with E-state index in [0.717, 1.165) is 28.8 Å². The minimum absolute atomic E-state index is 0.121. The average Bonchev–Trinajstić information content (AvgIpc) is 3.61. The number of carbonyl (C=O) groups is 4. The third kappa shape index (κ3) is 9.62. The lowest BCUT2D eigenvalue weighted by atomic mass is 9.83. The van der Waals surface area contributed by atoms with E-state index in [4.69, 9.17) is 4.74 Å². The number of anilines is 2. The van der Waals surface area contributed by atoms with Crippen molar-refractivity contribution in [2.75, 3.05) is 17.2 Å². The molecule has 2 atom stereocenters. The summed E-state index contributed by atoms with van der Waals surface area (Å²) in [5.41, 5.74) is 4.01. The number of thioether (sulfide) groups is 1. The molecule has 58 heavy (non-hydrogen) atoms. The van der Waals surface area contributed by atoms with Crippen LogP contribution in [0, 0.1) is 5.82 Å². The molecule has 0 saturated carbocycles. The molecule has 3 amide bonds. The van der Waals surface area contributed by atoms with E-state index in [2.05, 4.69) is 28.1 Å². The molecule has 11 heteroatoms. The normalized spacial score (nSPS) is 14.1. The van der Waals surface area contributed by atoms with Crippen LogP contribution in [-0.4, -0.2) is 30.3 Å². The van der Waals surface area contributed by atoms with Crippen molar-refractivity contribution in [2.24, 2.45) is 0 Å². The smallest absolute Gasteiger partial charge is 0.341 e. The van der Waals surface area contributed by atoms with Crippen molar-refractivity contribution in [1.29, 1.82) is 0 Å². The van der Waals surface area contributed by atoms with Crippen molar-refractivity contribution < 1.29 is 28.3 Å². The minimum Gasteiger partial charge on any atom is -0.462 e. The Morgan fingerprint density at radius 2 is 1.53 bits per heavy atom. The number of carbonyl (C=O) groups excluding carboxylic acids is 4. The summed E-state index contributed by atoms with van der Waals surface area (Å²) < 4.78 is 20.2. The van der Waals surface area contributed by atoms with Gasteiger partial charge in [0.05, 0.1) is 12.2 Å². The third-order valence-electron chi connectivity index (χ3n) is 9.67. The number of benzene rings is 5. The molecule has 8 nitrogen and oxygen atoms in total. The fraction of sp³-hybridized carbons (Fsp3) is 0.149. The summed E-state index contributed by atoms with van der Waals surface area (Å²) in [5, 5.41) is 8.30. The molecule has 0 saturated heterocycles. The second kappa shape index (κ2) is 18.8. The van der Waals surface area contributed by atoms with E-state index in [1.165, 1.54) is 52.9 Å². The summed E-state index contributed by atoms with van der Waals surface area (Å²) in [5.74, 6) is -2.24. The predicted octanol–water partition coefficient (Wildman–Crippen LogP) is 10.2. The molecule has 0 radical (unpaired) electrons. The fourth-order valence-electron chi connectivity index (χ4n) is 6.85.